The molecule has 0 bridgehead atoms. The van der Waals surface area contributed by atoms with Crippen LogP contribution < -0.4 is 0 Å². The zero-order valence-corrected chi connectivity index (χ0v) is 13.7. The SMILES string of the molecule is CC(O)CC1CCCN1Cc1c(C(C)C)nn(C)c1Cl. The molecule has 4 nitrogen and oxygen atoms in total. The number of hydrogen-bond acceptors (Lipinski definition) is 3. The second kappa shape index (κ2) is 6.46. The Balaban J connectivity index is 2.17. The lowest BCUT2D eigenvalue weighted by atomic mass is 10.0. The van der Waals surface area contributed by atoms with E-state index in [1.54, 1.807) is 4.68 Å². The molecule has 0 radical (unpaired) electrons. The number of aryl methyl sites for hydroxylation is 1. The largest absolute Gasteiger partial charge is 0.393 e. The smallest absolute Gasteiger partial charge is 0.131 e. The molecular formula is C15H26ClN3O. The molecule has 2 atom stereocenters. The lowest BCUT2D eigenvalue weighted by molar-refractivity contribution is 0.130. The molecule has 114 valence electrons. The Labute approximate surface area is 126 Å². The highest BCUT2D eigenvalue weighted by atomic mass is 35.5. The van der Waals surface area contributed by atoms with Gasteiger partial charge < -0.3 is 5.11 Å². The number of aliphatic hydroxyl groups is 1. The highest BCUT2D eigenvalue weighted by Gasteiger charge is 2.28. The summed E-state index contributed by atoms with van der Waals surface area (Å²) in [6.07, 6.45) is 2.97. The van der Waals surface area contributed by atoms with Crippen LogP contribution in [0, 0.1) is 0 Å². The molecule has 1 aliphatic heterocycles. The number of likely N-dealkylation sites (tertiary alicyclic amines) is 1. The van der Waals surface area contributed by atoms with Crippen molar-refractivity contribution in [3.8, 4) is 0 Å². The molecule has 0 amide bonds. The summed E-state index contributed by atoms with van der Waals surface area (Å²) in [5.74, 6) is 0.376. The van der Waals surface area contributed by atoms with E-state index in [2.05, 4.69) is 23.8 Å². The van der Waals surface area contributed by atoms with Gasteiger partial charge in [-0.1, -0.05) is 25.4 Å². The molecule has 0 aliphatic carbocycles. The van der Waals surface area contributed by atoms with Crippen molar-refractivity contribution in [2.75, 3.05) is 6.54 Å². The van der Waals surface area contributed by atoms with Gasteiger partial charge in [0.2, 0.25) is 0 Å². The molecule has 0 spiro atoms. The monoisotopic (exact) mass is 299 g/mol. The highest BCUT2D eigenvalue weighted by Crippen LogP contribution is 2.30. The molecule has 1 N–H and O–H groups in total. The van der Waals surface area contributed by atoms with E-state index >= 15 is 0 Å². The second-order valence-electron chi connectivity index (χ2n) is 6.28. The van der Waals surface area contributed by atoms with Gasteiger partial charge in [0, 0.05) is 25.2 Å². The lowest BCUT2D eigenvalue weighted by Crippen LogP contribution is -2.31. The Morgan fingerprint density at radius 1 is 1.40 bits per heavy atom. The molecule has 1 fully saturated rings. The Morgan fingerprint density at radius 2 is 2.10 bits per heavy atom. The summed E-state index contributed by atoms with van der Waals surface area (Å²) < 4.78 is 1.77. The van der Waals surface area contributed by atoms with Crippen molar-refractivity contribution in [3.63, 3.8) is 0 Å². The maximum Gasteiger partial charge on any atom is 0.131 e. The molecule has 2 heterocycles. The number of hydrogen-bond donors (Lipinski definition) is 1. The third-order valence-corrected chi connectivity index (χ3v) is 4.59. The standard InChI is InChI=1S/C15H26ClN3O/c1-10(2)14-13(15(16)18(4)17-14)9-19-7-5-6-12(19)8-11(3)20/h10-12,20H,5-9H2,1-4H3. The van der Waals surface area contributed by atoms with E-state index in [4.69, 9.17) is 11.6 Å². The van der Waals surface area contributed by atoms with Gasteiger partial charge in [-0.15, -0.1) is 0 Å². The van der Waals surface area contributed by atoms with Gasteiger partial charge in [-0.25, -0.2) is 0 Å². The predicted octanol–water partition coefficient (Wildman–Crippen LogP) is 2.93. The first kappa shape index (κ1) is 15.8. The maximum atomic E-state index is 9.63. The van der Waals surface area contributed by atoms with Crippen molar-refractivity contribution in [2.24, 2.45) is 7.05 Å². The van der Waals surface area contributed by atoms with Gasteiger partial charge in [-0.3, -0.25) is 9.58 Å². The number of aliphatic hydroxyl groups excluding tert-OH is 1. The third-order valence-electron chi connectivity index (χ3n) is 4.12. The summed E-state index contributed by atoms with van der Waals surface area (Å²) in [6, 6.07) is 0.464. The zero-order chi connectivity index (χ0) is 14.9. The topological polar surface area (TPSA) is 41.3 Å². The normalized spacial score (nSPS) is 21.9. The Hall–Kier alpha value is -0.580. The fourth-order valence-corrected chi connectivity index (χ4v) is 3.34. The van der Waals surface area contributed by atoms with E-state index in [0.717, 1.165) is 35.9 Å². The van der Waals surface area contributed by atoms with Gasteiger partial charge in [0.05, 0.1) is 11.8 Å². The highest BCUT2D eigenvalue weighted by molar-refractivity contribution is 6.30. The minimum absolute atomic E-state index is 0.241. The van der Waals surface area contributed by atoms with Crippen LogP contribution in [0.5, 0.6) is 0 Å². The molecular weight excluding hydrogens is 274 g/mol. The van der Waals surface area contributed by atoms with Crippen molar-refractivity contribution in [1.82, 2.24) is 14.7 Å². The molecule has 0 aromatic carbocycles. The van der Waals surface area contributed by atoms with Crippen LogP contribution in [0.4, 0.5) is 0 Å². The minimum atomic E-state index is -0.241. The first-order valence-electron chi connectivity index (χ1n) is 7.53. The first-order chi connectivity index (χ1) is 9.40. The van der Waals surface area contributed by atoms with Crippen LogP contribution in [0.2, 0.25) is 5.15 Å². The second-order valence-corrected chi connectivity index (χ2v) is 6.64. The fraction of sp³-hybridized carbons (Fsp3) is 0.800. The zero-order valence-electron chi connectivity index (χ0n) is 12.9. The number of rotatable bonds is 5. The fourth-order valence-electron chi connectivity index (χ4n) is 3.14. The summed E-state index contributed by atoms with van der Waals surface area (Å²) in [5, 5.41) is 14.9. The van der Waals surface area contributed by atoms with Crippen molar-refractivity contribution in [3.05, 3.63) is 16.4 Å². The number of nitrogens with zero attached hydrogens (tertiary/aromatic N) is 3. The average molecular weight is 300 g/mol. The van der Waals surface area contributed by atoms with E-state index in [1.165, 1.54) is 12.8 Å². The van der Waals surface area contributed by atoms with E-state index in [9.17, 15) is 5.11 Å². The van der Waals surface area contributed by atoms with Crippen molar-refractivity contribution in [2.45, 2.75) is 64.6 Å². The van der Waals surface area contributed by atoms with Crippen LogP contribution in [0.3, 0.4) is 0 Å². The van der Waals surface area contributed by atoms with E-state index in [1.807, 2.05) is 14.0 Å². The Bertz CT molecular complexity index is 456. The van der Waals surface area contributed by atoms with E-state index in [0.29, 0.717) is 12.0 Å². The summed E-state index contributed by atoms with van der Waals surface area (Å²) in [4.78, 5) is 2.45. The molecule has 1 saturated heterocycles. The predicted molar refractivity (Wildman–Crippen MR) is 82.0 cm³/mol. The summed E-state index contributed by atoms with van der Waals surface area (Å²) in [5.41, 5.74) is 2.25. The van der Waals surface area contributed by atoms with Gasteiger partial charge in [-0.05, 0) is 38.6 Å². The first-order valence-corrected chi connectivity index (χ1v) is 7.91. The molecule has 0 saturated carbocycles. The van der Waals surface area contributed by atoms with Gasteiger partial charge in [0.15, 0.2) is 0 Å². The molecule has 20 heavy (non-hydrogen) atoms. The van der Waals surface area contributed by atoms with Crippen LogP contribution in [0.1, 0.15) is 57.2 Å². The molecule has 2 rings (SSSR count). The molecule has 1 aromatic heterocycles. The Kier molecular flexibility index (Phi) is 5.10. The van der Waals surface area contributed by atoms with Crippen LogP contribution in [0.25, 0.3) is 0 Å². The maximum absolute atomic E-state index is 9.63. The van der Waals surface area contributed by atoms with Gasteiger partial charge in [-0.2, -0.15) is 5.10 Å². The van der Waals surface area contributed by atoms with Crippen molar-refractivity contribution < 1.29 is 5.11 Å². The van der Waals surface area contributed by atoms with Crippen molar-refractivity contribution in [1.29, 1.82) is 0 Å². The average Bonchev–Trinajstić information content (AvgIpc) is 2.88. The lowest BCUT2D eigenvalue weighted by Gasteiger charge is -2.25. The van der Waals surface area contributed by atoms with Crippen LogP contribution in [0.15, 0.2) is 0 Å². The summed E-state index contributed by atoms with van der Waals surface area (Å²) in [7, 11) is 1.90. The van der Waals surface area contributed by atoms with Gasteiger partial charge in [0.1, 0.15) is 5.15 Å². The Morgan fingerprint density at radius 3 is 2.70 bits per heavy atom. The molecule has 1 aliphatic rings. The van der Waals surface area contributed by atoms with Crippen molar-refractivity contribution >= 4 is 11.6 Å². The van der Waals surface area contributed by atoms with Crippen LogP contribution >= 0.6 is 11.6 Å². The van der Waals surface area contributed by atoms with Crippen LogP contribution in [-0.4, -0.2) is 38.5 Å². The van der Waals surface area contributed by atoms with E-state index < -0.39 is 0 Å². The molecule has 2 unspecified atom stereocenters. The number of aromatic nitrogens is 2. The molecule has 1 aromatic rings. The van der Waals surface area contributed by atoms with Gasteiger partial charge >= 0.3 is 0 Å². The van der Waals surface area contributed by atoms with E-state index in [-0.39, 0.29) is 6.10 Å². The third kappa shape index (κ3) is 3.35. The molecule has 5 heteroatoms. The summed E-state index contributed by atoms with van der Waals surface area (Å²) >= 11 is 6.41. The quantitative estimate of drug-likeness (QED) is 0.909. The van der Waals surface area contributed by atoms with Crippen LogP contribution in [-0.2, 0) is 13.6 Å². The minimum Gasteiger partial charge on any atom is -0.393 e. The summed E-state index contributed by atoms with van der Waals surface area (Å²) in [6.45, 7) is 8.10. The van der Waals surface area contributed by atoms with Gasteiger partial charge in [0.25, 0.3) is 0 Å². The number of halogens is 1.